The van der Waals surface area contributed by atoms with E-state index in [4.69, 9.17) is 10.00 Å². The van der Waals surface area contributed by atoms with E-state index >= 15 is 0 Å². The van der Waals surface area contributed by atoms with E-state index in [9.17, 15) is 0 Å². The SMILES string of the molecule is Cc1nn(C)c(OCC(C)C)c1C#N. The van der Waals surface area contributed by atoms with Gasteiger partial charge in [-0.2, -0.15) is 10.4 Å². The van der Waals surface area contributed by atoms with Gasteiger partial charge in [0.2, 0.25) is 5.88 Å². The highest BCUT2D eigenvalue weighted by Gasteiger charge is 2.14. The third-order valence-electron chi connectivity index (χ3n) is 1.83. The number of nitrogens with zero attached hydrogens (tertiary/aromatic N) is 3. The molecule has 0 spiro atoms. The minimum Gasteiger partial charge on any atom is -0.477 e. The summed E-state index contributed by atoms with van der Waals surface area (Å²) in [5.41, 5.74) is 1.25. The van der Waals surface area contributed by atoms with E-state index in [2.05, 4.69) is 25.0 Å². The molecule has 4 nitrogen and oxygen atoms in total. The zero-order chi connectivity index (χ0) is 10.7. The van der Waals surface area contributed by atoms with Crippen LogP contribution in [0.4, 0.5) is 0 Å². The van der Waals surface area contributed by atoms with Crippen LogP contribution in [-0.2, 0) is 7.05 Å². The van der Waals surface area contributed by atoms with Gasteiger partial charge in [-0.15, -0.1) is 0 Å². The first-order valence-corrected chi connectivity index (χ1v) is 4.62. The van der Waals surface area contributed by atoms with Crippen molar-refractivity contribution in [3.05, 3.63) is 11.3 Å². The highest BCUT2D eigenvalue weighted by molar-refractivity contribution is 5.41. The van der Waals surface area contributed by atoms with E-state index in [1.807, 2.05) is 0 Å². The van der Waals surface area contributed by atoms with E-state index in [1.54, 1.807) is 18.7 Å². The second-order valence-electron chi connectivity index (χ2n) is 3.71. The fourth-order valence-electron chi connectivity index (χ4n) is 1.18. The van der Waals surface area contributed by atoms with Crippen LogP contribution in [0.3, 0.4) is 0 Å². The predicted octanol–water partition coefficient (Wildman–Crippen LogP) is 1.64. The smallest absolute Gasteiger partial charge is 0.230 e. The van der Waals surface area contributed by atoms with Crippen LogP contribution < -0.4 is 4.74 Å². The van der Waals surface area contributed by atoms with Gasteiger partial charge in [0, 0.05) is 7.05 Å². The molecule has 76 valence electrons. The molecule has 14 heavy (non-hydrogen) atoms. The minimum absolute atomic E-state index is 0.441. The van der Waals surface area contributed by atoms with Gasteiger partial charge in [0.15, 0.2) is 0 Å². The lowest BCUT2D eigenvalue weighted by atomic mass is 10.2. The predicted molar refractivity (Wildman–Crippen MR) is 53.0 cm³/mol. The van der Waals surface area contributed by atoms with Gasteiger partial charge in [0.25, 0.3) is 0 Å². The Labute approximate surface area is 84.1 Å². The molecule has 0 unspecified atom stereocenters. The average molecular weight is 193 g/mol. The molecule has 0 aliphatic carbocycles. The van der Waals surface area contributed by atoms with Gasteiger partial charge >= 0.3 is 0 Å². The number of rotatable bonds is 3. The summed E-state index contributed by atoms with van der Waals surface area (Å²) in [6, 6.07) is 2.10. The molecule has 0 radical (unpaired) electrons. The van der Waals surface area contributed by atoms with E-state index in [-0.39, 0.29) is 0 Å². The van der Waals surface area contributed by atoms with Crippen LogP contribution in [0.15, 0.2) is 0 Å². The Morgan fingerprint density at radius 2 is 2.21 bits per heavy atom. The number of aryl methyl sites for hydroxylation is 2. The Morgan fingerprint density at radius 3 is 2.71 bits per heavy atom. The number of hydrogen-bond acceptors (Lipinski definition) is 3. The summed E-state index contributed by atoms with van der Waals surface area (Å²) < 4.78 is 7.13. The Bertz CT molecular complexity index is 360. The number of nitriles is 1. The summed E-state index contributed by atoms with van der Waals surface area (Å²) in [5.74, 6) is 1.01. The van der Waals surface area contributed by atoms with E-state index < -0.39 is 0 Å². The van der Waals surface area contributed by atoms with Crippen molar-refractivity contribution in [2.45, 2.75) is 20.8 Å². The van der Waals surface area contributed by atoms with Gasteiger partial charge in [0.05, 0.1) is 12.3 Å². The molecule has 0 aromatic carbocycles. The third-order valence-corrected chi connectivity index (χ3v) is 1.83. The van der Waals surface area contributed by atoms with Gasteiger partial charge in [-0.05, 0) is 12.8 Å². The third kappa shape index (κ3) is 2.05. The van der Waals surface area contributed by atoms with Crippen LogP contribution >= 0.6 is 0 Å². The van der Waals surface area contributed by atoms with Crippen molar-refractivity contribution in [2.75, 3.05) is 6.61 Å². The molecule has 1 heterocycles. The van der Waals surface area contributed by atoms with Gasteiger partial charge in [-0.1, -0.05) is 13.8 Å². The summed E-state index contributed by atoms with van der Waals surface area (Å²) in [6.07, 6.45) is 0. The zero-order valence-corrected chi connectivity index (χ0v) is 9.03. The minimum atomic E-state index is 0.441. The maximum absolute atomic E-state index is 8.89. The molecule has 0 saturated carbocycles. The molecule has 0 amide bonds. The molecule has 1 rings (SSSR count). The van der Waals surface area contributed by atoms with Crippen molar-refractivity contribution in [1.29, 1.82) is 5.26 Å². The lowest BCUT2D eigenvalue weighted by Gasteiger charge is -2.08. The second-order valence-corrected chi connectivity index (χ2v) is 3.71. The summed E-state index contributed by atoms with van der Waals surface area (Å²) in [5, 5.41) is 13.0. The molecule has 0 aliphatic heterocycles. The maximum Gasteiger partial charge on any atom is 0.230 e. The number of hydrogen-bond donors (Lipinski definition) is 0. The second kappa shape index (κ2) is 4.14. The normalized spacial score (nSPS) is 10.3. The monoisotopic (exact) mass is 193 g/mol. The molecule has 0 aliphatic rings. The quantitative estimate of drug-likeness (QED) is 0.733. The van der Waals surface area contributed by atoms with Crippen LogP contribution in [0.25, 0.3) is 0 Å². The Kier molecular flexibility index (Phi) is 3.13. The van der Waals surface area contributed by atoms with E-state index in [0.29, 0.717) is 29.7 Å². The fourth-order valence-corrected chi connectivity index (χ4v) is 1.18. The van der Waals surface area contributed by atoms with E-state index in [0.717, 1.165) is 0 Å². The highest BCUT2D eigenvalue weighted by atomic mass is 16.5. The average Bonchev–Trinajstić information content (AvgIpc) is 2.36. The topological polar surface area (TPSA) is 50.8 Å². The zero-order valence-electron chi connectivity index (χ0n) is 9.03. The highest BCUT2D eigenvalue weighted by Crippen LogP contribution is 2.20. The van der Waals surface area contributed by atoms with Crippen LogP contribution in [0.1, 0.15) is 25.1 Å². The largest absolute Gasteiger partial charge is 0.477 e. The molecule has 0 saturated heterocycles. The number of aromatic nitrogens is 2. The van der Waals surface area contributed by atoms with Gasteiger partial charge in [-0.3, -0.25) is 0 Å². The standard InChI is InChI=1S/C10H15N3O/c1-7(2)6-14-10-9(5-11)8(3)12-13(10)4/h7H,6H2,1-4H3. The molecule has 0 fully saturated rings. The first kappa shape index (κ1) is 10.6. The molecule has 0 bridgehead atoms. The molecular weight excluding hydrogens is 178 g/mol. The lowest BCUT2D eigenvalue weighted by Crippen LogP contribution is -2.08. The lowest BCUT2D eigenvalue weighted by molar-refractivity contribution is 0.249. The van der Waals surface area contributed by atoms with E-state index in [1.165, 1.54) is 0 Å². The Morgan fingerprint density at radius 1 is 1.57 bits per heavy atom. The van der Waals surface area contributed by atoms with Gasteiger partial charge in [0.1, 0.15) is 11.6 Å². The van der Waals surface area contributed by atoms with Crippen molar-refractivity contribution in [1.82, 2.24) is 9.78 Å². The Balaban J connectivity index is 2.90. The molecule has 0 N–H and O–H groups in total. The fraction of sp³-hybridized carbons (Fsp3) is 0.600. The Hall–Kier alpha value is -1.50. The molecule has 1 aromatic rings. The van der Waals surface area contributed by atoms with Crippen molar-refractivity contribution in [3.8, 4) is 11.9 Å². The van der Waals surface area contributed by atoms with Crippen molar-refractivity contribution in [2.24, 2.45) is 13.0 Å². The molecule has 4 heteroatoms. The van der Waals surface area contributed by atoms with Crippen molar-refractivity contribution >= 4 is 0 Å². The van der Waals surface area contributed by atoms with Gasteiger partial charge in [-0.25, -0.2) is 4.68 Å². The van der Waals surface area contributed by atoms with Gasteiger partial charge < -0.3 is 4.74 Å². The van der Waals surface area contributed by atoms with Crippen molar-refractivity contribution in [3.63, 3.8) is 0 Å². The molecule has 1 aromatic heterocycles. The van der Waals surface area contributed by atoms with Crippen molar-refractivity contribution < 1.29 is 4.74 Å². The summed E-state index contributed by atoms with van der Waals surface area (Å²) in [4.78, 5) is 0. The number of ether oxygens (including phenoxy) is 1. The van der Waals surface area contributed by atoms with Crippen LogP contribution in [0.2, 0.25) is 0 Å². The summed E-state index contributed by atoms with van der Waals surface area (Å²) in [7, 11) is 1.78. The summed E-state index contributed by atoms with van der Waals surface area (Å²) in [6.45, 7) is 6.54. The first-order valence-electron chi connectivity index (χ1n) is 4.62. The molecular formula is C10H15N3O. The summed E-state index contributed by atoms with van der Waals surface area (Å²) >= 11 is 0. The van der Waals surface area contributed by atoms with Crippen LogP contribution in [-0.4, -0.2) is 16.4 Å². The van der Waals surface area contributed by atoms with Crippen LogP contribution in [0.5, 0.6) is 5.88 Å². The van der Waals surface area contributed by atoms with Crippen LogP contribution in [0, 0.1) is 24.2 Å². The maximum atomic E-state index is 8.89. The molecule has 0 atom stereocenters. The first-order chi connectivity index (χ1) is 6.56.